The van der Waals surface area contributed by atoms with Crippen LogP contribution in [0.5, 0.6) is 0 Å². The maximum atomic E-state index is 12.0. The molecule has 0 N–H and O–H groups in total. The van der Waals surface area contributed by atoms with E-state index in [4.69, 9.17) is 0 Å². The van der Waals surface area contributed by atoms with Crippen LogP contribution in [0.1, 0.15) is 17.0 Å². The van der Waals surface area contributed by atoms with Crippen molar-refractivity contribution in [1.29, 1.82) is 0 Å². The molecule has 0 radical (unpaired) electrons. The molecule has 4 nitrogen and oxygen atoms in total. The molecule has 0 amide bonds. The summed E-state index contributed by atoms with van der Waals surface area (Å²) in [6, 6.07) is 19.7. The van der Waals surface area contributed by atoms with E-state index in [0.717, 1.165) is 17.7 Å². The minimum absolute atomic E-state index is 0.0544. The smallest absolute Gasteiger partial charge is 0.246 e. The lowest BCUT2D eigenvalue weighted by Gasteiger charge is -2.27. The summed E-state index contributed by atoms with van der Waals surface area (Å²) < 4.78 is 0. The highest BCUT2D eigenvalue weighted by molar-refractivity contribution is 5.29. The van der Waals surface area contributed by atoms with E-state index < -0.39 is 5.54 Å². The number of hydrogen-bond donors (Lipinski definition) is 0. The standard InChI is InChI=1S/C18H20N2O2/c1-19-13-17(16-10-6-3-7-11-16)18(14-19,20(21)22)12-15-8-4-2-5-9-15/h2-11,17H,12-14H2,1H3. The van der Waals surface area contributed by atoms with Crippen molar-refractivity contribution in [3.8, 4) is 0 Å². The lowest BCUT2D eigenvalue weighted by atomic mass is 9.78. The zero-order chi connectivity index (χ0) is 15.6. The molecule has 0 aromatic heterocycles. The Morgan fingerprint density at radius 1 is 1.14 bits per heavy atom. The lowest BCUT2D eigenvalue weighted by Crippen LogP contribution is -2.47. The Morgan fingerprint density at radius 2 is 1.73 bits per heavy atom. The van der Waals surface area contributed by atoms with E-state index >= 15 is 0 Å². The van der Waals surface area contributed by atoms with Crippen molar-refractivity contribution in [3.05, 3.63) is 81.9 Å². The summed E-state index contributed by atoms with van der Waals surface area (Å²) in [7, 11) is 1.96. The van der Waals surface area contributed by atoms with Gasteiger partial charge in [-0.3, -0.25) is 15.0 Å². The first kappa shape index (κ1) is 14.7. The highest BCUT2D eigenvalue weighted by atomic mass is 16.6. The molecule has 0 spiro atoms. The van der Waals surface area contributed by atoms with Gasteiger partial charge in [0.05, 0.1) is 12.5 Å². The molecule has 1 fully saturated rings. The van der Waals surface area contributed by atoms with Gasteiger partial charge in [-0.1, -0.05) is 60.7 Å². The van der Waals surface area contributed by atoms with Gasteiger partial charge < -0.3 is 0 Å². The molecule has 4 heteroatoms. The van der Waals surface area contributed by atoms with Crippen LogP contribution in [0.4, 0.5) is 0 Å². The number of rotatable bonds is 4. The summed E-state index contributed by atoms with van der Waals surface area (Å²) in [4.78, 5) is 14.1. The second-order valence-corrected chi connectivity index (χ2v) is 6.18. The molecule has 1 heterocycles. The first-order valence-electron chi connectivity index (χ1n) is 7.54. The van der Waals surface area contributed by atoms with Gasteiger partial charge in [-0.05, 0) is 18.2 Å². The van der Waals surface area contributed by atoms with Crippen LogP contribution in [0.25, 0.3) is 0 Å². The SMILES string of the molecule is CN1CC(c2ccccc2)C(Cc2ccccc2)([N+](=O)[O-])C1. The largest absolute Gasteiger partial charge is 0.299 e. The molecule has 2 atom stereocenters. The molecule has 114 valence electrons. The maximum absolute atomic E-state index is 12.0. The van der Waals surface area contributed by atoms with Crippen molar-refractivity contribution in [3.63, 3.8) is 0 Å². The lowest BCUT2D eigenvalue weighted by molar-refractivity contribution is -0.568. The Balaban J connectivity index is 2.02. The third-order valence-corrected chi connectivity index (χ3v) is 4.61. The van der Waals surface area contributed by atoms with Crippen LogP contribution >= 0.6 is 0 Å². The van der Waals surface area contributed by atoms with Crippen molar-refractivity contribution >= 4 is 0 Å². The number of nitrogens with zero attached hydrogens (tertiary/aromatic N) is 2. The van der Waals surface area contributed by atoms with Crippen LogP contribution < -0.4 is 0 Å². The Labute approximate surface area is 130 Å². The molecule has 2 aromatic carbocycles. The highest BCUT2D eigenvalue weighted by Crippen LogP contribution is 2.40. The first-order valence-corrected chi connectivity index (χ1v) is 7.54. The van der Waals surface area contributed by atoms with Gasteiger partial charge in [0.1, 0.15) is 0 Å². The molecule has 22 heavy (non-hydrogen) atoms. The minimum atomic E-state index is -0.961. The van der Waals surface area contributed by atoms with Crippen LogP contribution in [0.3, 0.4) is 0 Å². The van der Waals surface area contributed by atoms with Gasteiger partial charge >= 0.3 is 0 Å². The van der Waals surface area contributed by atoms with Crippen LogP contribution in [0.15, 0.2) is 60.7 Å². The van der Waals surface area contributed by atoms with E-state index in [2.05, 4.69) is 4.90 Å². The van der Waals surface area contributed by atoms with E-state index in [1.807, 2.05) is 67.7 Å². The zero-order valence-corrected chi connectivity index (χ0v) is 12.7. The second kappa shape index (κ2) is 5.89. The minimum Gasteiger partial charge on any atom is -0.299 e. The van der Waals surface area contributed by atoms with Gasteiger partial charge in [0.15, 0.2) is 0 Å². The van der Waals surface area contributed by atoms with E-state index in [9.17, 15) is 10.1 Å². The average Bonchev–Trinajstić information content (AvgIpc) is 2.87. The van der Waals surface area contributed by atoms with Crippen LogP contribution in [-0.4, -0.2) is 35.5 Å². The van der Waals surface area contributed by atoms with Crippen molar-refractivity contribution < 1.29 is 4.92 Å². The molecule has 0 saturated carbocycles. The average molecular weight is 296 g/mol. The quantitative estimate of drug-likeness (QED) is 0.643. The summed E-state index contributed by atoms with van der Waals surface area (Å²) in [6.45, 7) is 1.20. The molecular formula is C18H20N2O2. The Bertz CT molecular complexity index is 645. The Kier molecular flexibility index (Phi) is 3.94. The van der Waals surface area contributed by atoms with Gasteiger partial charge in [-0.25, -0.2) is 0 Å². The molecule has 1 aliphatic rings. The summed E-state index contributed by atoms with van der Waals surface area (Å²) in [5.74, 6) is -0.0890. The molecule has 2 unspecified atom stereocenters. The Morgan fingerprint density at radius 3 is 2.32 bits per heavy atom. The fourth-order valence-corrected chi connectivity index (χ4v) is 3.60. The summed E-state index contributed by atoms with van der Waals surface area (Å²) in [6.07, 6.45) is 0.463. The number of likely N-dealkylation sites (tertiary alicyclic amines) is 1. The molecule has 0 aliphatic carbocycles. The molecule has 2 aromatic rings. The Hall–Kier alpha value is -2.20. The first-order chi connectivity index (χ1) is 10.6. The van der Waals surface area contributed by atoms with E-state index in [1.165, 1.54) is 0 Å². The van der Waals surface area contributed by atoms with Crippen LogP contribution in [0, 0.1) is 10.1 Å². The third kappa shape index (κ3) is 2.62. The predicted molar refractivity (Wildman–Crippen MR) is 86.6 cm³/mol. The molecular weight excluding hydrogens is 276 g/mol. The van der Waals surface area contributed by atoms with E-state index in [1.54, 1.807) is 0 Å². The van der Waals surface area contributed by atoms with Gasteiger partial charge in [-0.2, -0.15) is 0 Å². The fourth-order valence-electron chi connectivity index (χ4n) is 3.60. The van der Waals surface area contributed by atoms with Crippen molar-refractivity contribution in [2.45, 2.75) is 17.9 Å². The monoisotopic (exact) mass is 296 g/mol. The maximum Gasteiger partial charge on any atom is 0.246 e. The summed E-state index contributed by atoms with van der Waals surface area (Å²) in [5, 5.41) is 12.0. The van der Waals surface area contributed by atoms with Gasteiger partial charge in [0, 0.05) is 17.9 Å². The van der Waals surface area contributed by atoms with Crippen molar-refractivity contribution in [2.75, 3.05) is 20.1 Å². The topological polar surface area (TPSA) is 46.4 Å². The van der Waals surface area contributed by atoms with Gasteiger partial charge in [0.2, 0.25) is 5.54 Å². The molecule has 1 aliphatic heterocycles. The van der Waals surface area contributed by atoms with Gasteiger partial charge in [-0.15, -0.1) is 0 Å². The van der Waals surface area contributed by atoms with E-state index in [0.29, 0.717) is 13.0 Å². The van der Waals surface area contributed by atoms with Crippen molar-refractivity contribution in [2.24, 2.45) is 0 Å². The van der Waals surface area contributed by atoms with E-state index in [-0.39, 0.29) is 10.8 Å². The van der Waals surface area contributed by atoms with Crippen molar-refractivity contribution in [1.82, 2.24) is 4.90 Å². The zero-order valence-electron chi connectivity index (χ0n) is 12.7. The number of hydrogen-bond acceptors (Lipinski definition) is 3. The fraction of sp³-hybridized carbons (Fsp3) is 0.333. The summed E-state index contributed by atoms with van der Waals surface area (Å²) in [5.41, 5.74) is 1.12. The van der Waals surface area contributed by atoms with Crippen LogP contribution in [0.2, 0.25) is 0 Å². The number of benzene rings is 2. The number of likely N-dealkylation sites (N-methyl/N-ethyl adjacent to an activating group) is 1. The normalized spacial score (nSPS) is 25.2. The highest BCUT2D eigenvalue weighted by Gasteiger charge is 2.56. The van der Waals surface area contributed by atoms with Crippen LogP contribution in [-0.2, 0) is 6.42 Å². The summed E-state index contributed by atoms with van der Waals surface area (Å²) >= 11 is 0. The number of nitro groups is 1. The molecule has 3 rings (SSSR count). The van der Waals surface area contributed by atoms with Gasteiger partial charge in [0.25, 0.3) is 0 Å². The second-order valence-electron chi connectivity index (χ2n) is 6.18. The third-order valence-electron chi connectivity index (χ3n) is 4.61. The predicted octanol–water partition coefficient (Wildman–Crippen LogP) is 2.97. The molecule has 0 bridgehead atoms. The molecule has 1 saturated heterocycles.